The van der Waals surface area contributed by atoms with Gasteiger partial charge in [-0.25, -0.2) is 0 Å². The van der Waals surface area contributed by atoms with Gasteiger partial charge in [0.15, 0.2) is 0 Å². The Labute approximate surface area is 239 Å². The second-order valence-electron chi connectivity index (χ2n) is 9.90. The molecule has 0 radical (unpaired) electrons. The average molecular weight is 531 g/mol. The minimum atomic E-state index is -0.865. The van der Waals surface area contributed by atoms with Crippen molar-refractivity contribution in [3.05, 3.63) is 152 Å². The molecule has 0 bridgehead atoms. The molecule has 0 fully saturated rings. The van der Waals surface area contributed by atoms with Crippen LogP contribution in [-0.2, 0) is 0 Å². The minimum absolute atomic E-state index is 0.560. The van der Waals surface area contributed by atoms with Crippen LogP contribution < -0.4 is 25.3 Å². The lowest BCUT2D eigenvalue weighted by atomic mass is 9.53. The van der Waals surface area contributed by atoms with Gasteiger partial charge in [0.25, 0.3) is 0 Å². The molecular formula is C36H26BNO3. The van der Waals surface area contributed by atoms with Gasteiger partial charge in [0.1, 0.15) is 23.0 Å². The normalized spacial score (nSPS) is 11.7. The Kier molecular flexibility index (Phi) is 6.48. The molecule has 196 valence electrons. The first-order valence-electron chi connectivity index (χ1n) is 13.6. The molecular weight excluding hydrogens is 505 g/mol. The van der Waals surface area contributed by atoms with Gasteiger partial charge in [-0.15, -0.1) is 0 Å². The van der Waals surface area contributed by atoms with E-state index in [0.717, 1.165) is 33.7 Å². The fourth-order valence-electron chi connectivity index (χ4n) is 5.30. The van der Waals surface area contributed by atoms with Gasteiger partial charge in [-0.1, -0.05) is 84.9 Å². The van der Waals surface area contributed by atoms with E-state index in [1.54, 1.807) is 0 Å². The molecule has 4 nitrogen and oxygen atoms in total. The van der Waals surface area contributed by atoms with Crippen molar-refractivity contribution in [2.45, 2.75) is 0 Å². The number of ether oxygens (including phenoxy) is 2. The van der Waals surface area contributed by atoms with Gasteiger partial charge in [0.2, 0.25) is 0 Å². The third kappa shape index (κ3) is 4.84. The smallest absolute Gasteiger partial charge is 0.370 e. The maximum atomic E-state index is 11.4. The monoisotopic (exact) mass is 531 g/mol. The Morgan fingerprint density at radius 3 is 1.76 bits per heavy atom. The number of hydrogen-bond donors (Lipinski definition) is 1. The molecule has 1 N–H and O–H groups in total. The Balaban J connectivity index is 1.30. The number of para-hydroxylation sites is 4. The van der Waals surface area contributed by atoms with E-state index in [-0.39, 0.29) is 0 Å². The molecule has 0 amide bonds. The SMILES string of the molecule is OB1c2ccccc2Oc2cc(-c3ccc(N(c4ccccc4)c4ccccc4)cc3)cc(Oc3ccccc3)c21. The molecule has 0 aliphatic carbocycles. The second-order valence-corrected chi connectivity index (χ2v) is 9.90. The number of hydrogen-bond acceptors (Lipinski definition) is 4. The zero-order valence-corrected chi connectivity index (χ0v) is 22.2. The van der Waals surface area contributed by atoms with E-state index in [1.807, 2.05) is 103 Å². The van der Waals surface area contributed by atoms with Gasteiger partial charge in [-0.05, 0) is 83.3 Å². The van der Waals surface area contributed by atoms with E-state index < -0.39 is 6.92 Å². The van der Waals surface area contributed by atoms with Crippen molar-refractivity contribution in [2.24, 2.45) is 0 Å². The molecule has 0 saturated heterocycles. The van der Waals surface area contributed by atoms with Gasteiger partial charge in [0, 0.05) is 22.5 Å². The highest BCUT2D eigenvalue weighted by atomic mass is 16.5. The van der Waals surface area contributed by atoms with Crippen molar-refractivity contribution in [3.63, 3.8) is 0 Å². The molecule has 1 aliphatic rings. The van der Waals surface area contributed by atoms with Crippen molar-refractivity contribution in [1.82, 2.24) is 0 Å². The summed E-state index contributed by atoms with van der Waals surface area (Å²) < 4.78 is 12.7. The van der Waals surface area contributed by atoms with Crippen LogP contribution in [0.4, 0.5) is 17.1 Å². The summed E-state index contributed by atoms with van der Waals surface area (Å²) in [6.07, 6.45) is 0. The molecule has 7 rings (SSSR count). The first-order valence-corrected chi connectivity index (χ1v) is 13.6. The van der Waals surface area contributed by atoms with Crippen LogP contribution in [0.3, 0.4) is 0 Å². The van der Waals surface area contributed by atoms with Crippen LogP contribution in [0.1, 0.15) is 0 Å². The third-order valence-corrected chi connectivity index (χ3v) is 7.27. The lowest BCUT2D eigenvalue weighted by Gasteiger charge is -2.26. The molecule has 0 unspecified atom stereocenters. The lowest BCUT2D eigenvalue weighted by Crippen LogP contribution is -2.47. The summed E-state index contributed by atoms with van der Waals surface area (Å²) in [7, 11) is 0. The summed E-state index contributed by atoms with van der Waals surface area (Å²) in [5.41, 5.74) is 6.49. The van der Waals surface area contributed by atoms with Crippen molar-refractivity contribution in [3.8, 4) is 34.1 Å². The van der Waals surface area contributed by atoms with Crippen LogP contribution in [-0.4, -0.2) is 11.9 Å². The van der Waals surface area contributed by atoms with E-state index >= 15 is 0 Å². The molecule has 1 aliphatic heterocycles. The zero-order chi connectivity index (χ0) is 27.6. The third-order valence-electron chi connectivity index (χ3n) is 7.27. The first kappa shape index (κ1) is 24.8. The van der Waals surface area contributed by atoms with Crippen molar-refractivity contribution < 1.29 is 14.5 Å². The average Bonchev–Trinajstić information content (AvgIpc) is 3.03. The summed E-state index contributed by atoms with van der Waals surface area (Å²) in [5.74, 6) is 2.48. The Bertz CT molecular complexity index is 1750. The Morgan fingerprint density at radius 2 is 1.10 bits per heavy atom. The van der Waals surface area contributed by atoms with Gasteiger partial charge in [-0.2, -0.15) is 0 Å². The highest BCUT2D eigenvalue weighted by molar-refractivity contribution is 6.81. The Morgan fingerprint density at radius 1 is 0.537 bits per heavy atom. The Hall–Kier alpha value is -5.26. The van der Waals surface area contributed by atoms with E-state index in [2.05, 4.69) is 53.4 Å². The molecule has 0 saturated carbocycles. The molecule has 5 heteroatoms. The molecule has 0 atom stereocenters. The highest BCUT2D eigenvalue weighted by Crippen LogP contribution is 2.38. The second kappa shape index (κ2) is 10.7. The predicted molar refractivity (Wildman–Crippen MR) is 167 cm³/mol. The van der Waals surface area contributed by atoms with Crippen LogP contribution in [0.2, 0.25) is 0 Å². The maximum absolute atomic E-state index is 11.4. The van der Waals surface area contributed by atoms with E-state index in [1.165, 1.54) is 0 Å². The predicted octanol–water partition coefficient (Wildman–Crippen LogP) is 7.82. The molecule has 0 aromatic heterocycles. The topological polar surface area (TPSA) is 41.9 Å². The number of benzene rings is 6. The van der Waals surface area contributed by atoms with Crippen LogP contribution in [0.25, 0.3) is 11.1 Å². The number of anilines is 3. The van der Waals surface area contributed by atoms with Crippen molar-refractivity contribution in [2.75, 3.05) is 4.90 Å². The molecule has 41 heavy (non-hydrogen) atoms. The van der Waals surface area contributed by atoms with Crippen molar-refractivity contribution in [1.29, 1.82) is 0 Å². The zero-order valence-electron chi connectivity index (χ0n) is 22.2. The van der Waals surface area contributed by atoms with E-state index in [0.29, 0.717) is 28.5 Å². The van der Waals surface area contributed by atoms with E-state index in [4.69, 9.17) is 9.47 Å². The molecule has 6 aromatic rings. The summed E-state index contributed by atoms with van der Waals surface area (Å²) in [4.78, 5) is 2.23. The van der Waals surface area contributed by atoms with Crippen LogP contribution >= 0.6 is 0 Å². The summed E-state index contributed by atoms with van der Waals surface area (Å²) in [5, 5.41) is 11.4. The van der Waals surface area contributed by atoms with Gasteiger partial charge in [0.05, 0.1) is 0 Å². The minimum Gasteiger partial charge on any atom is -0.458 e. The summed E-state index contributed by atoms with van der Waals surface area (Å²) in [6.45, 7) is -0.865. The molecule has 0 spiro atoms. The largest absolute Gasteiger partial charge is 0.458 e. The quantitative estimate of drug-likeness (QED) is 0.223. The van der Waals surface area contributed by atoms with Crippen LogP contribution in [0.5, 0.6) is 23.0 Å². The summed E-state index contributed by atoms with van der Waals surface area (Å²) in [6, 6.07) is 50.3. The number of nitrogens with zero attached hydrogens (tertiary/aromatic N) is 1. The standard InChI is InChI=1S/C36H26BNO3/c39-37-32-18-10-11-19-33(32)41-35-25-27(24-34(36(35)37)40-31-16-8-3-9-17-31)26-20-22-30(23-21-26)38(28-12-4-1-5-13-28)29-14-6-2-7-15-29/h1-25,39H. The van der Waals surface area contributed by atoms with Gasteiger partial charge >= 0.3 is 6.92 Å². The summed E-state index contributed by atoms with van der Waals surface area (Å²) >= 11 is 0. The maximum Gasteiger partial charge on any atom is 0.370 e. The van der Waals surface area contributed by atoms with Crippen LogP contribution in [0.15, 0.2) is 152 Å². The fourth-order valence-corrected chi connectivity index (χ4v) is 5.30. The van der Waals surface area contributed by atoms with Crippen molar-refractivity contribution >= 4 is 34.9 Å². The number of fused-ring (bicyclic) bond motifs is 2. The van der Waals surface area contributed by atoms with Gasteiger partial charge < -0.3 is 19.4 Å². The fraction of sp³-hybridized carbons (Fsp3) is 0. The van der Waals surface area contributed by atoms with Crippen LogP contribution in [0, 0.1) is 0 Å². The molecule has 1 heterocycles. The lowest BCUT2D eigenvalue weighted by molar-refractivity contribution is 0.460. The molecule has 6 aromatic carbocycles. The highest BCUT2D eigenvalue weighted by Gasteiger charge is 2.34. The van der Waals surface area contributed by atoms with E-state index in [9.17, 15) is 5.02 Å². The number of rotatable bonds is 6. The first-order chi connectivity index (χ1) is 20.2. The van der Waals surface area contributed by atoms with Gasteiger partial charge in [-0.3, -0.25) is 0 Å².